The molecule has 2 rings (SSSR count). The molecule has 0 radical (unpaired) electrons. The quantitative estimate of drug-likeness (QED) is 0.884. The van der Waals surface area contributed by atoms with Crippen LogP contribution < -0.4 is 5.32 Å². The highest BCUT2D eigenvalue weighted by atomic mass is 19.1. The second-order valence-corrected chi connectivity index (χ2v) is 5.20. The molecule has 1 N–H and O–H groups in total. The first kappa shape index (κ1) is 13.5. The monoisotopic (exact) mass is 250 g/mol. The zero-order valence-electron chi connectivity index (χ0n) is 11.3. The SMILES string of the molecule is CNC(C)C1CCCCN1Cc1ccccc1F. The van der Waals surface area contributed by atoms with E-state index in [2.05, 4.69) is 17.1 Å². The molecule has 1 aliphatic heterocycles. The molecule has 1 saturated heterocycles. The molecule has 1 fully saturated rings. The Morgan fingerprint density at radius 2 is 2.17 bits per heavy atom. The van der Waals surface area contributed by atoms with Crippen LogP contribution in [-0.2, 0) is 6.54 Å². The molecule has 1 aliphatic rings. The van der Waals surface area contributed by atoms with Crippen LogP contribution in [0.25, 0.3) is 0 Å². The van der Waals surface area contributed by atoms with Gasteiger partial charge in [-0.3, -0.25) is 4.90 Å². The van der Waals surface area contributed by atoms with Gasteiger partial charge in [-0.25, -0.2) is 4.39 Å². The predicted octanol–water partition coefficient (Wildman–Crippen LogP) is 2.79. The average Bonchev–Trinajstić information content (AvgIpc) is 2.41. The Kier molecular flexibility index (Phi) is 4.72. The standard InChI is InChI=1S/C15H23FN2/c1-12(17-2)15-9-5-6-10-18(15)11-13-7-3-4-8-14(13)16/h3-4,7-8,12,15,17H,5-6,9-11H2,1-2H3. The fourth-order valence-corrected chi connectivity index (χ4v) is 2.82. The highest BCUT2D eigenvalue weighted by molar-refractivity contribution is 5.17. The van der Waals surface area contributed by atoms with Crippen LogP contribution in [0.2, 0.25) is 0 Å². The van der Waals surface area contributed by atoms with Crippen LogP contribution in [0.3, 0.4) is 0 Å². The fourth-order valence-electron chi connectivity index (χ4n) is 2.82. The molecule has 0 aromatic heterocycles. The fraction of sp³-hybridized carbons (Fsp3) is 0.600. The van der Waals surface area contributed by atoms with Gasteiger partial charge in [-0.2, -0.15) is 0 Å². The molecule has 2 atom stereocenters. The Hall–Kier alpha value is -0.930. The summed E-state index contributed by atoms with van der Waals surface area (Å²) in [7, 11) is 2.00. The Morgan fingerprint density at radius 1 is 1.39 bits per heavy atom. The van der Waals surface area contributed by atoms with E-state index in [9.17, 15) is 4.39 Å². The molecule has 18 heavy (non-hydrogen) atoms. The van der Waals surface area contributed by atoms with Crippen molar-refractivity contribution in [1.82, 2.24) is 10.2 Å². The molecule has 2 unspecified atom stereocenters. The van der Waals surface area contributed by atoms with E-state index in [0.29, 0.717) is 12.1 Å². The minimum atomic E-state index is -0.0843. The molecule has 0 saturated carbocycles. The molecule has 1 aromatic rings. The van der Waals surface area contributed by atoms with E-state index in [0.717, 1.165) is 18.7 Å². The van der Waals surface area contributed by atoms with Gasteiger partial charge in [0.25, 0.3) is 0 Å². The molecule has 0 aliphatic carbocycles. The van der Waals surface area contributed by atoms with Gasteiger partial charge in [-0.05, 0) is 39.4 Å². The van der Waals surface area contributed by atoms with Crippen LogP contribution in [-0.4, -0.2) is 30.6 Å². The molecular weight excluding hydrogens is 227 g/mol. The zero-order valence-corrected chi connectivity index (χ0v) is 11.3. The van der Waals surface area contributed by atoms with Crippen LogP contribution in [0, 0.1) is 5.82 Å². The van der Waals surface area contributed by atoms with Gasteiger partial charge < -0.3 is 5.32 Å². The summed E-state index contributed by atoms with van der Waals surface area (Å²) in [6.07, 6.45) is 3.71. The van der Waals surface area contributed by atoms with Crippen molar-refractivity contribution >= 4 is 0 Å². The number of nitrogens with one attached hydrogen (secondary N) is 1. The van der Waals surface area contributed by atoms with Crippen molar-refractivity contribution in [2.24, 2.45) is 0 Å². The number of hydrogen-bond acceptors (Lipinski definition) is 2. The van der Waals surface area contributed by atoms with Gasteiger partial charge in [0, 0.05) is 24.2 Å². The van der Waals surface area contributed by atoms with Crippen molar-refractivity contribution in [2.45, 2.75) is 44.8 Å². The minimum Gasteiger partial charge on any atom is -0.316 e. The maximum atomic E-state index is 13.7. The van der Waals surface area contributed by atoms with Crippen molar-refractivity contribution in [3.63, 3.8) is 0 Å². The number of halogens is 1. The smallest absolute Gasteiger partial charge is 0.127 e. The Balaban J connectivity index is 2.08. The van der Waals surface area contributed by atoms with Crippen LogP contribution in [0.15, 0.2) is 24.3 Å². The summed E-state index contributed by atoms with van der Waals surface area (Å²) in [5, 5.41) is 3.33. The molecule has 1 aromatic carbocycles. The van der Waals surface area contributed by atoms with Crippen molar-refractivity contribution in [2.75, 3.05) is 13.6 Å². The number of piperidine rings is 1. The summed E-state index contributed by atoms with van der Waals surface area (Å²) in [4.78, 5) is 2.42. The average molecular weight is 250 g/mol. The van der Waals surface area contributed by atoms with Gasteiger partial charge in [0.05, 0.1) is 0 Å². The largest absolute Gasteiger partial charge is 0.316 e. The van der Waals surface area contributed by atoms with Crippen LogP contribution >= 0.6 is 0 Å². The normalized spacial score (nSPS) is 22.9. The second kappa shape index (κ2) is 6.30. The summed E-state index contributed by atoms with van der Waals surface area (Å²) in [6, 6.07) is 8.09. The van der Waals surface area contributed by atoms with Crippen molar-refractivity contribution in [3.8, 4) is 0 Å². The number of nitrogens with zero attached hydrogens (tertiary/aromatic N) is 1. The van der Waals surface area contributed by atoms with E-state index in [-0.39, 0.29) is 5.82 Å². The lowest BCUT2D eigenvalue weighted by Gasteiger charge is -2.39. The van der Waals surface area contributed by atoms with Crippen molar-refractivity contribution in [3.05, 3.63) is 35.6 Å². The first-order chi connectivity index (χ1) is 8.72. The minimum absolute atomic E-state index is 0.0843. The van der Waals surface area contributed by atoms with Gasteiger partial charge in [-0.15, -0.1) is 0 Å². The highest BCUT2D eigenvalue weighted by Gasteiger charge is 2.26. The molecule has 2 nitrogen and oxygen atoms in total. The number of benzene rings is 1. The van der Waals surface area contributed by atoms with E-state index in [4.69, 9.17) is 0 Å². The van der Waals surface area contributed by atoms with Gasteiger partial charge in [0.2, 0.25) is 0 Å². The third-order valence-electron chi connectivity index (χ3n) is 4.03. The first-order valence-corrected chi connectivity index (χ1v) is 6.87. The number of rotatable bonds is 4. The predicted molar refractivity (Wildman–Crippen MR) is 73.0 cm³/mol. The van der Waals surface area contributed by atoms with Crippen LogP contribution in [0.1, 0.15) is 31.7 Å². The number of hydrogen-bond donors (Lipinski definition) is 1. The van der Waals surface area contributed by atoms with Gasteiger partial charge in [-0.1, -0.05) is 24.6 Å². The third-order valence-corrected chi connectivity index (χ3v) is 4.03. The van der Waals surface area contributed by atoms with Gasteiger partial charge in [0.15, 0.2) is 0 Å². The zero-order chi connectivity index (χ0) is 13.0. The summed E-state index contributed by atoms with van der Waals surface area (Å²) >= 11 is 0. The van der Waals surface area contributed by atoms with E-state index in [1.807, 2.05) is 19.2 Å². The van der Waals surface area contributed by atoms with E-state index in [1.54, 1.807) is 12.1 Å². The molecular formula is C15H23FN2. The van der Waals surface area contributed by atoms with Crippen molar-refractivity contribution < 1.29 is 4.39 Å². The Bertz CT molecular complexity index is 381. The third kappa shape index (κ3) is 3.09. The van der Waals surface area contributed by atoms with E-state index >= 15 is 0 Å². The maximum Gasteiger partial charge on any atom is 0.127 e. The molecule has 1 heterocycles. The summed E-state index contributed by atoms with van der Waals surface area (Å²) in [5.74, 6) is -0.0843. The number of likely N-dealkylation sites (tertiary alicyclic amines) is 1. The molecule has 3 heteroatoms. The number of likely N-dealkylation sites (N-methyl/N-ethyl adjacent to an activating group) is 1. The molecule has 0 amide bonds. The van der Waals surface area contributed by atoms with Crippen LogP contribution in [0.4, 0.5) is 4.39 Å². The first-order valence-electron chi connectivity index (χ1n) is 6.87. The lowest BCUT2D eigenvalue weighted by atomic mass is 9.96. The Morgan fingerprint density at radius 3 is 2.89 bits per heavy atom. The summed E-state index contributed by atoms with van der Waals surface area (Å²) in [6.45, 7) is 4.01. The molecule has 0 spiro atoms. The topological polar surface area (TPSA) is 15.3 Å². The maximum absolute atomic E-state index is 13.7. The van der Waals surface area contributed by atoms with Gasteiger partial charge in [0.1, 0.15) is 5.82 Å². The summed E-state index contributed by atoms with van der Waals surface area (Å²) in [5.41, 5.74) is 0.813. The van der Waals surface area contributed by atoms with Gasteiger partial charge >= 0.3 is 0 Å². The highest BCUT2D eigenvalue weighted by Crippen LogP contribution is 2.22. The van der Waals surface area contributed by atoms with Crippen molar-refractivity contribution in [1.29, 1.82) is 0 Å². The molecule has 100 valence electrons. The Labute approximate surface area is 109 Å². The lowest BCUT2D eigenvalue weighted by molar-refractivity contribution is 0.113. The molecule has 0 bridgehead atoms. The van der Waals surface area contributed by atoms with E-state index in [1.165, 1.54) is 19.3 Å². The van der Waals surface area contributed by atoms with E-state index < -0.39 is 0 Å². The van der Waals surface area contributed by atoms with Crippen LogP contribution in [0.5, 0.6) is 0 Å². The lowest BCUT2D eigenvalue weighted by Crippen LogP contribution is -2.49. The second-order valence-electron chi connectivity index (χ2n) is 5.20. The summed E-state index contributed by atoms with van der Waals surface area (Å²) < 4.78 is 13.7.